The lowest BCUT2D eigenvalue weighted by Crippen LogP contribution is -2.42. The van der Waals surface area contributed by atoms with Crippen LogP contribution in [0.15, 0.2) is 143 Å². The Morgan fingerprint density at radius 1 is 0.472 bits per heavy atom. The van der Waals surface area contributed by atoms with E-state index in [0.717, 1.165) is 43.8 Å². The molecule has 2 atom stereocenters. The van der Waals surface area contributed by atoms with Crippen molar-refractivity contribution in [2.45, 2.75) is 76.7 Å². The third kappa shape index (κ3) is 18.0. The quantitative estimate of drug-likeness (QED) is 0.0128. The number of carbonyl (C=O) groups is 4. The van der Waals surface area contributed by atoms with Crippen LogP contribution in [0.2, 0.25) is 0 Å². The molecule has 6 aromatic carbocycles. The summed E-state index contributed by atoms with van der Waals surface area (Å²) in [6.45, 7) is 1.12. The van der Waals surface area contributed by atoms with E-state index in [1.807, 2.05) is 133 Å². The monoisotopic (exact) mass is 1020 g/mol. The Hall–Kier alpha value is -7.56. The van der Waals surface area contributed by atoms with Gasteiger partial charge >= 0.3 is 11.9 Å². The first-order valence-corrected chi connectivity index (χ1v) is 23.5. The molecule has 382 valence electrons. The van der Waals surface area contributed by atoms with Gasteiger partial charge in [0.05, 0.1) is 13.2 Å². The second-order valence-electron chi connectivity index (χ2n) is 16.5. The van der Waals surface area contributed by atoms with Gasteiger partial charge in [-0.05, 0) is 83.3 Å². The maximum absolute atomic E-state index is 13.3. The van der Waals surface area contributed by atoms with Gasteiger partial charge in [-0.1, -0.05) is 121 Å². The topological polar surface area (TPSA) is 258 Å². The fourth-order valence-electron chi connectivity index (χ4n) is 7.79. The third-order valence-corrected chi connectivity index (χ3v) is 11.2. The lowest BCUT2D eigenvalue weighted by atomic mass is 9.92. The number of carbonyl (C=O) groups excluding carboxylic acids is 4. The van der Waals surface area contributed by atoms with Crippen LogP contribution in [0.4, 0.5) is 0 Å². The number of halogens is 2. The summed E-state index contributed by atoms with van der Waals surface area (Å²) in [5.74, 6) is -0.677. The average molecular weight is 1020 g/mol. The average Bonchev–Trinajstić information content (AvgIpc) is 3.37. The van der Waals surface area contributed by atoms with Crippen LogP contribution < -0.4 is 43.0 Å². The molecule has 0 bridgehead atoms. The molecule has 0 unspecified atom stereocenters. The van der Waals surface area contributed by atoms with E-state index < -0.39 is 24.0 Å². The number of hydrogen-bond acceptors (Lipinski definition) is 10. The van der Waals surface area contributed by atoms with Gasteiger partial charge < -0.3 is 52.5 Å². The number of nitrogens with two attached hydrogens (primary N) is 4. The molecule has 0 fully saturated rings. The molecular weight excluding hydrogens is 960 g/mol. The molecule has 0 radical (unpaired) electrons. The molecule has 0 heterocycles. The van der Waals surface area contributed by atoms with E-state index in [9.17, 15) is 19.2 Å². The number of hydrogen-bond donors (Lipinski definition) is 6. The van der Waals surface area contributed by atoms with Crippen LogP contribution in [0.5, 0.6) is 11.5 Å². The number of guanidine groups is 2. The molecule has 2 amide bonds. The highest BCUT2D eigenvalue weighted by molar-refractivity contribution is 6.09. The summed E-state index contributed by atoms with van der Waals surface area (Å²) < 4.78 is 24.2. The lowest BCUT2D eigenvalue weighted by molar-refractivity contribution is -0.149. The van der Waals surface area contributed by atoms with Crippen molar-refractivity contribution in [2.75, 3.05) is 26.3 Å². The van der Waals surface area contributed by atoms with Crippen molar-refractivity contribution in [1.82, 2.24) is 10.6 Å². The highest BCUT2D eigenvalue weighted by atomic mass is 35.5. The lowest BCUT2D eigenvalue weighted by Gasteiger charge is -2.20. The Morgan fingerprint density at radius 3 is 1.24 bits per heavy atom. The Bertz CT molecular complexity index is 2550. The van der Waals surface area contributed by atoms with E-state index >= 15 is 0 Å². The van der Waals surface area contributed by atoms with Crippen molar-refractivity contribution >= 4 is 82.0 Å². The first kappa shape index (κ1) is 57.0. The van der Waals surface area contributed by atoms with Gasteiger partial charge in [0.25, 0.3) is 0 Å². The van der Waals surface area contributed by atoms with E-state index in [4.69, 9.17) is 41.9 Å². The summed E-state index contributed by atoms with van der Waals surface area (Å²) in [6, 6.07) is 40.6. The van der Waals surface area contributed by atoms with Gasteiger partial charge in [-0.2, -0.15) is 0 Å². The van der Waals surface area contributed by atoms with Gasteiger partial charge in [-0.3, -0.25) is 19.6 Å². The normalized spacial score (nSPS) is 11.4. The number of aliphatic imine (C=N–C) groups is 2. The molecule has 0 aliphatic heterocycles. The summed E-state index contributed by atoms with van der Waals surface area (Å²) in [4.78, 5) is 61.0. The summed E-state index contributed by atoms with van der Waals surface area (Å²) in [5.41, 5.74) is 25.2. The van der Waals surface area contributed by atoms with Gasteiger partial charge in [-0.25, -0.2) is 9.59 Å². The Balaban J connectivity index is 0.00000562. The second kappa shape index (κ2) is 30.2. The largest absolute Gasteiger partial charge is 0.493 e. The number of amides is 2. The molecule has 18 heteroatoms. The maximum Gasteiger partial charge on any atom is 0.328 e. The van der Waals surface area contributed by atoms with Gasteiger partial charge in [0, 0.05) is 37.1 Å². The molecular formula is C54H64Cl2N8O8. The summed E-state index contributed by atoms with van der Waals surface area (Å²) in [5, 5.41) is 9.52. The summed E-state index contributed by atoms with van der Waals surface area (Å²) >= 11 is 0. The minimum Gasteiger partial charge on any atom is -0.493 e. The third-order valence-electron chi connectivity index (χ3n) is 11.2. The van der Waals surface area contributed by atoms with Crippen LogP contribution in [-0.2, 0) is 41.9 Å². The molecule has 72 heavy (non-hydrogen) atoms. The first-order valence-electron chi connectivity index (χ1n) is 23.5. The molecule has 0 saturated heterocycles. The smallest absolute Gasteiger partial charge is 0.328 e. The first-order chi connectivity index (χ1) is 34.0. The van der Waals surface area contributed by atoms with Gasteiger partial charge in [0.2, 0.25) is 11.8 Å². The zero-order chi connectivity index (χ0) is 49.5. The number of esters is 2. The number of benzene rings is 6. The van der Waals surface area contributed by atoms with Crippen LogP contribution in [0, 0.1) is 0 Å². The molecule has 0 spiro atoms. The van der Waals surface area contributed by atoms with Gasteiger partial charge in [0.1, 0.15) is 36.8 Å². The van der Waals surface area contributed by atoms with Gasteiger partial charge in [0.15, 0.2) is 11.9 Å². The van der Waals surface area contributed by atoms with E-state index in [1.165, 1.54) is 0 Å². The van der Waals surface area contributed by atoms with E-state index in [-0.39, 0.29) is 101 Å². The minimum atomic E-state index is -0.892. The fraction of sp³-hybridized carbons (Fsp3) is 0.296. The second-order valence-corrected chi connectivity index (χ2v) is 16.5. The van der Waals surface area contributed by atoms with Crippen molar-refractivity contribution < 1.29 is 38.1 Å². The highest BCUT2D eigenvalue weighted by Gasteiger charge is 2.25. The summed E-state index contributed by atoms with van der Waals surface area (Å²) in [7, 11) is 0. The molecule has 0 aliphatic carbocycles. The molecule has 6 rings (SSSR count). The molecule has 6 aromatic rings. The molecule has 10 N–H and O–H groups in total. The fourth-order valence-corrected chi connectivity index (χ4v) is 7.79. The zero-order valence-electron chi connectivity index (χ0n) is 40.0. The predicted molar refractivity (Wildman–Crippen MR) is 287 cm³/mol. The van der Waals surface area contributed by atoms with E-state index in [0.29, 0.717) is 50.3 Å². The van der Waals surface area contributed by atoms with Crippen LogP contribution >= 0.6 is 24.8 Å². The standard InChI is InChI=1S/C54H62N8O8.2ClH/c55-53(56)59-31-11-23-43(51(65)69-35-37-15-3-1-4-16-37)61-47(63)25-13-33-67-45-29-27-39-19-7-9-21-41(39)49(45)50-42-22-10-8-20-40(42)28-30-46(50)68-34-14-26-48(64)62-44(24-12-32-60-54(57)58)52(66)70-36-38-17-5-2-6-18-38;;/h1-10,15-22,27-30,43-44H,11-14,23-26,31-36H2,(H,61,63)(H,62,64)(H4,55,56,59)(H4,57,58,60);2*1H/t43-,44-;;/m1../s1. The minimum absolute atomic E-state index is 0. The molecule has 0 saturated carbocycles. The summed E-state index contributed by atoms with van der Waals surface area (Å²) in [6.07, 6.45) is 2.33. The van der Waals surface area contributed by atoms with Crippen LogP contribution in [0.1, 0.15) is 62.5 Å². The van der Waals surface area contributed by atoms with Crippen molar-refractivity contribution in [1.29, 1.82) is 0 Å². The highest BCUT2D eigenvalue weighted by Crippen LogP contribution is 2.45. The van der Waals surface area contributed by atoms with Crippen molar-refractivity contribution in [3.05, 3.63) is 145 Å². The Labute approximate surface area is 432 Å². The van der Waals surface area contributed by atoms with E-state index in [2.05, 4.69) is 20.6 Å². The van der Waals surface area contributed by atoms with Crippen LogP contribution in [0.3, 0.4) is 0 Å². The number of nitrogens with zero attached hydrogens (tertiary/aromatic N) is 2. The van der Waals surface area contributed by atoms with Crippen LogP contribution in [0.25, 0.3) is 32.7 Å². The SMILES string of the molecule is Cl.Cl.NC(N)=NCCC[C@@H](NC(=O)CCCOc1ccc2ccccc2c1-c1c(OCCCC(=O)N[C@H](CCCN=C(N)N)C(=O)OCc2ccccc2)ccc2ccccc12)C(=O)OCc1ccccc1. The molecule has 0 aliphatic rings. The van der Waals surface area contributed by atoms with Crippen molar-refractivity contribution in [3.8, 4) is 22.6 Å². The molecule has 0 aromatic heterocycles. The maximum atomic E-state index is 13.3. The van der Waals surface area contributed by atoms with Crippen molar-refractivity contribution in [3.63, 3.8) is 0 Å². The Morgan fingerprint density at radius 2 is 0.847 bits per heavy atom. The Kier molecular flexibility index (Phi) is 23.9. The molecule has 16 nitrogen and oxygen atoms in total. The number of ether oxygens (including phenoxy) is 4. The zero-order valence-corrected chi connectivity index (χ0v) is 41.7. The van der Waals surface area contributed by atoms with Crippen molar-refractivity contribution in [2.24, 2.45) is 32.9 Å². The van der Waals surface area contributed by atoms with E-state index in [1.54, 1.807) is 0 Å². The predicted octanol–water partition coefficient (Wildman–Crippen LogP) is 7.39. The van der Waals surface area contributed by atoms with Gasteiger partial charge in [-0.15, -0.1) is 24.8 Å². The number of rotatable bonds is 27. The number of nitrogens with one attached hydrogen (secondary N) is 2. The van der Waals surface area contributed by atoms with Crippen LogP contribution in [-0.4, -0.2) is 74.1 Å². The number of fused-ring (bicyclic) bond motifs is 2.